The van der Waals surface area contributed by atoms with E-state index >= 15 is 0 Å². The highest BCUT2D eigenvalue weighted by atomic mass is 19.2. The molecule has 0 radical (unpaired) electrons. The standard InChI is InChI=1S/C28H25F3O3/c1-2-3-4-17-14-33-28(34-15-17)20-9-10-21(24(29)13-20)18-5-7-19(8-6-18)22-11-12-23(25-16-32-25)27(31)26(22)30/h2,5-13,17,25,28H,1,3-4,14-16H2. The first kappa shape index (κ1) is 22.8. The topological polar surface area (TPSA) is 31.0 Å². The number of halogens is 3. The summed E-state index contributed by atoms with van der Waals surface area (Å²) in [5, 5.41) is 0. The molecule has 2 fully saturated rings. The molecule has 2 aliphatic heterocycles. The van der Waals surface area contributed by atoms with Gasteiger partial charge in [0, 0.05) is 28.2 Å². The van der Waals surface area contributed by atoms with Crippen molar-refractivity contribution in [2.24, 2.45) is 5.92 Å². The molecule has 3 aromatic rings. The Balaban J connectivity index is 1.30. The third-order valence-electron chi connectivity index (χ3n) is 6.31. The summed E-state index contributed by atoms with van der Waals surface area (Å²) in [6.45, 7) is 5.27. The molecule has 2 aliphatic rings. The summed E-state index contributed by atoms with van der Waals surface area (Å²) >= 11 is 0. The van der Waals surface area contributed by atoms with E-state index in [1.165, 1.54) is 6.07 Å². The average molecular weight is 466 g/mol. The maximum Gasteiger partial charge on any atom is 0.183 e. The van der Waals surface area contributed by atoms with Crippen molar-refractivity contribution in [3.63, 3.8) is 0 Å². The molecule has 0 N–H and O–H groups in total. The lowest BCUT2D eigenvalue weighted by molar-refractivity contribution is -0.205. The van der Waals surface area contributed by atoms with Gasteiger partial charge in [-0.1, -0.05) is 54.6 Å². The van der Waals surface area contributed by atoms with Gasteiger partial charge in [0.25, 0.3) is 0 Å². The highest BCUT2D eigenvalue weighted by Crippen LogP contribution is 2.36. The number of allylic oxidation sites excluding steroid dienone is 1. The van der Waals surface area contributed by atoms with Crippen LogP contribution in [-0.4, -0.2) is 19.8 Å². The molecule has 2 saturated heterocycles. The van der Waals surface area contributed by atoms with E-state index in [1.54, 1.807) is 48.5 Å². The number of hydrogen-bond acceptors (Lipinski definition) is 3. The lowest BCUT2D eigenvalue weighted by Crippen LogP contribution is -2.27. The number of epoxide rings is 1. The quantitative estimate of drug-likeness (QED) is 0.274. The largest absolute Gasteiger partial charge is 0.368 e. The second kappa shape index (κ2) is 9.74. The van der Waals surface area contributed by atoms with Crippen LogP contribution in [0.4, 0.5) is 13.2 Å². The summed E-state index contributed by atoms with van der Waals surface area (Å²) in [7, 11) is 0. The lowest BCUT2D eigenvalue weighted by Gasteiger charge is -2.29. The zero-order valence-electron chi connectivity index (χ0n) is 18.6. The van der Waals surface area contributed by atoms with Crippen molar-refractivity contribution >= 4 is 0 Å². The molecule has 1 atom stereocenters. The highest BCUT2D eigenvalue weighted by Gasteiger charge is 2.30. The maximum absolute atomic E-state index is 15.0. The normalized spacial score (nSPS) is 21.9. The molecule has 5 rings (SSSR count). The fourth-order valence-corrected chi connectivity index (χ4v) is 4.26. The average Bonchev–Trinajstić information content (AvgIpc) is 3.70. The first-order valence-electron chi connectivity index (χ1n) is 11.4. The summed E-state index contributed by atoms with van der Waals surface area (Å²) in [6, 6.07) is 14.7. The van der Waals surface area contributed by atoms with E-state index in [9.17, 15) is 13.2 Å². The van der Waals surface area contributed by atoms with Crippen LogP contribution in [0.5, 0.6) is 0 Å². The van der Waals surface area contributed by atoms with E-state index < -0.39 is 23.7 Å². The van der Waals surface area contributed by atoms with Gasteiger partial charge in [-0.2, -0.15) is 0 Å². The van der Waals surface area contributed by atoms with Crippen LogP contribution >= 0.6 is 0 Å². The Morgan fingerprint density at radius 2 is 1.44 bits per heavy atom. The molecular weight excluding hydrogens is 441 g/mol. The van der Waals surface area contributed by atoms with Crippen LogP contribution in [0.2, 0.25) is 0 Å². The van der Waals surface area contributed by atoms with Crippen molar-refractivity contribution in [3.05, 3.63) is 95.8 Å². The van der Waals surface area contributed by atoms with E-state index in [2.05, 4.69) is 6.58 Å². The maximum atomic E-state index is 15.0. The van der Waals surface area contributed by atoms with E-state index in [0.29, 0.717) is 48.0 Å². The lowest BCUT2D eigenvalue weighted by atomic mass is 9.97. The number of benzene rings is 3. The van der Waals surface area contributed by atoms with Crippen molar-refractivity contribution in [1.82, 2.24) is 0 Å². The fraction of sp³-hybridized carbons (Fsp3) is 0.286. The molecule has 3 aromatic carbocycles. The van der Waals surface area contributed by atoms with Crippen LogP contribution < -0.4 is 0 Å². The van der Waals surface area contributed by atoms with Crippen molar-refractivity contribution < 1.29 is 27.4 Å². The smallest absolute Gasteiger partial charge is 0.183 e. The van der Waals surface area contributed by atoms with Crippen LogP contribution in [-0.2, 0) is 14.2 Å². The Morgan fingerprint density at radius 1 is 0.794 bits per heavy atom. The summed E-state index contributed by atoms with van der Waals surface area (Å²) < 4.78 is 60.6. The Bertz CT molecular complexity index is 1180. The highest BCUT2D eigenvalue weighted by molar-refractivity contribution is 5.71. The van der Waals surface area contributed by atoms with Crippen molar-refractivity contribution in [3.8, 4) is 22.3 Å². The molecule has 0 aliphatic carbocycles. The Hall–Kier alpha value is -2.93. The molecule has 3 nitrogen and oxygen atoms in total. The molecule has 0 aromatic heterocycles. The van der Waals surface area contributed by atoms with E-state index in [0.717, 1.165) is 12.8 Å². The van der Waals surface area contributed by atoms with E-state index in [4.69, 9.17) is 14.2 Å². The minimum absolute atomic E-state index is 0.155. The number of hydrogen-bond donors (Lipinski definition) is 0. The van der Waals surface area contributed by atoms with E-state index in [1.807, 2.05) is 6.08 Å². The second-order valence-corrected chi connectivity index (χ2v) is 8.70. The van der Waals surface area contributed by atoms with Gasteiger partial charge in [-0.25, -0.2) is 13.2 Å². The molecule has 1 unspecified atom stereocenters. The van der Waals surface area contributed by atoms with Gasteiger partial charge < -0.3 is 14.2 Å². The Labute approximate surface area is 196 Å². The third kappa shape index (κ3) is 4.67. The van der Waals surface area contributed by atoms with Crippen molar-refractivity contribution in [2.45, 2.75) is 25.2 Å². The van der Waals surface area contributed by atoms with Crippen LogP contribution in [0.1, 0.15) is 36.4 Å². The number of ether oxygens (including phenoxy) is 3. The second-order valence-electron chi connectivity index (χ2n) is 8.70. The van der Waals surface area contributed by atoms with Crippen LogP contribution in [0, 0.1) is 23.4 Å². The van der Waals surface area contributed by atoms with Gasteiger partial charge in [-0.15, -0.1) is 6.58 Å². The first-order valence-corrected chi connectivity index (χ1v) is 11.4. The fourth-order valence-electron chi connectivity index (χ4n) is 4.26. The van der Waals surface area contributed by atoms with E-state index in [-0.39, 0.29) is 17.2 Å². The molecule has 0 saturated carbocycles. The zero-order valence-corrected chi connectivity index (χ0v) is 18.6. The molecule has 0 bridgehead atoms. The van der Waals surface area contributed by atoms with Crippen LogP contribution in [0.25, 0.3) is 22.3 Å². The predicted molar refractivity (Wildman–Crippen MR) is 123 cm³/mol. The van der Waals surface area contributed by atoms with Gasteiger partial charge >= 0.3 is 0 Å². The zero-order chi connectivity index (χ0) is 23.7. The summed E-state index contributed by atoms with van der Waals surface area (Å²) in [5.41, 5.74) is 2.56. The Morgan fingerprint density at radius 3 is 2.06 bits per heavy atom. The van der Waals surface area contributed by atoms with Crippen molar-refractivity contribution in [2.75, 3.05) is 19.8 Å². The van der Waals surface area contributed by atoms with Gasteiger partial charge in [0.05, 0.1) is 19.8 Å². The number of rotatable bonds is 7. The molecule has 34 heavy (non-hydrogen) atoms. The molecular formula is C28H25F3O3. The van der Waals surface area contributed by atoms with Gasteiger partial charge in [0.2, 0.25) is 0 Å². The first-order chi connectivity index (χ1) is 16.5. The minimum Gasteiger partial charge on any atom is -0.368 e. The molecule has 176 valence electrons. The Kier molecular flexibility index (Phi) is 6.55. The van der Waals surface area contributed by atoms with Gasteiger partial charge in [0.1, 0.15) is 11.9 Å². The molecule has 6 heteroatoms. The predicted octanol–water partition coefficient (Wildman–Crippen LogP) is 7.14. The monoisotopic (exact) mass is 466 g/mol. The van der Waals surface area contributed by atoms with Crippen LogP contribution in [0.15, 0.2) is 67.3 Å². The molecule has 0 amide bonds. The van der Waals surface area contributed by atoms with Gasteiger partial charge in [0.15, 0.2) is 17.9 Å². The SMILES string of the molecule is C=CCCC1COC(c2ccc(-c3ccc(-c4ccc(C5CO5)c(F)c4F)cc3)c(F)c2)OC1. The molecule has 0 spiro atoms. The van der Waals surface area contributed by atoms with Crippen molar-refractivity contribution in [1.29, 1.82) is 0 Å². The summed E-state index contributed by atoms with van der Waals surface area (Å²) in [5.74, 6) is -1.88. The van der Waals surface area contributed by atoms with Gasteiger partial charge in [-0.05, 0) is 30.0 Å². The van der Waals surface area contributed by atoms with Gasteiger partial charge in [-0.3, -0.25) is 0 Å². The summed E-state index contributed by atoms with van der Waals surface area (Å²) in [6.07, 6.45) is 2.79. The minimum atomic E-state index is -0.907. The van der Waals surface area contributed by atoms with Crippen LogP contribution in [0.3, 0.4) is 0 Å². The molecule has 2 heterocycles. The summed E-state index contributed by atoms with van der Waals surface area (Å²) in [4.78, 5) is 0. The third-order valence-corrected chi connectivity index (χ3v) is 6.31.